The summed E-state index contributed by atoms with van der Waals surface area (Å²) in [5.41, 5.74) is 6.71. The first-order chi connectivity index (χ1) is 8.89. The van der Waals surface area contributed by atoms with Gasteiger partial charge in [-0.05, 0) is 30.5 Å². The number of hydrogen-bond donors (Lipinski definition) is 1. The van der Waals surface area contributed by atoms with Gasteiger partial charge in [0.25, 0.3) is 0 Å². The van der Waals surface area contributed by atoms with Crippen molar-refractivity contribution in [3.05, 3.63) is 29.6 Å². The van der Waals surface area contributed by atoms with E-state index in [2.05, 4.69) is 0 Å². The van der Waals surface area contributed by atoms with Crippen molar-refractivity contribution >= 4 is 9.84 Å². The van der Waals surface area contributed by atoms with E-state index < -0.39 is 15.7 Å². The van der Waals surface area contributed by atoms with Gasteiger partial charge in [0.2, 0.25) is 0 Å². The second-order valence-corrected chi connectivity index (χ2v) is 6.85. The number of ether oxygens (including phenoxy) is 1. The predicted molar refractivity (Wildman–Crippen MR) is 73.4 cm³/mol. The molecule has 0 fully saturated rings. The van der Waals surface area contributed by atoms with E-state index in [1.807, 2.05) is 0 Å². The molecule has 0 amide bonds. The molecule has 108 valence electrons. The molecule has 1 unspecified atom stereocenters. The van der Waals surface area contributed by atoms with Crippen molar-refractivity contribution in [2.75, 3.05) is 18.6 Å². The molecule has 0 saturated heterocycles. The van der Waals surface area contributed by atoms with Crippen molar-refractivity contribution < 1.29 is 17.5 Å². The van der Waals surface area contributed by atoms with Gasteiger partial charge in [-0.25, -0.2) is 12.8 Å². The predicted octanol–water partition coefficient (Wildman–Crippen LogP) is 2.05. The van der Waals surface area contributed by atoms with Gasteiger partial charge in [-0.3, -0.25) is 0 Å². The first-order valence-corrected chi connectivity index (χ1v) is 8.01. The lowest BCUT2D eigenvalue weighted by molar-refractivity contribution is 0.385. The molecule has 1 atom stereocenters. The number of sulfone groups is 1. The first-order valence-electron chi connectivity index (χ1n) is 6.19. The molecule has 0 aliphatic carbocycles. The molecule has 0 aromatic heterocycles. The van der Waals surface area contributed by atoms with Crippen molar-refractivity contribution in [2.45, 2.75) is 25.8 Å². The molecule has 0 heterocycles. The third-order valence-electron chi connectivity index (χ3n) is 3.01. The van der Waals surface area contributed by atoms with E-state index in [-0.39, 0.29) is 23.3 Å². The lowest BCUT2D eigenvalue weighted by Gasteiger charge is -2.13. The molecule has 0 radical (unpaired) electrons. The Bertz CT molecular complexity index is 517. The van der Waals surface area contributed by atoms with Crippen LogP contribution in [-0.4, -0.2) is 27.0 Å². The van der Waals surface area contributed by atoms with Gasteiger partial charge in [0.1, 0.15) is 9.84 Å². The quantitative estimate of drug-likeness (QED) is 0.834. The van der Waals surface area contributed by atoms with Crippen LogP contribution in [0, 0.1) is 5.82 Å². The van der Waals surface area contributed by atoms with Crippen LogP contribution in [0.1, 0.15) is 31.4 Å². The monoisotopic (exact) mass is 289 g/mol. The van der Waals surface area contributed by atoms with Crippen LogP contribution in [0.5, 0.6) is 5.75 Å². The Labute approximate surface area is 113 Å². The Morgan fingerprint density at radius 2 is 2.11 bits per heavy atom. The maximum atomic E-state index is 13.2. The zero-order valence-electron chi connectivity index (χ0n) is 11.2. The van der Waals surface area contributed by atoms with Gasteiger partial charge in [-0.15, -0.1) is 0 Å². The summed E-state index contributed by atoms with van der Waals surface area (Å²) in [6, 6.07) is 4.13. The molecule has 2 N–H and O–H groups in total. The molecule has 6 heteroatoms. The van der Waals surface area contributed by atoms with E-state index in [9.17, 15) is 12.8 Å². The Kier molecular flexibility index (Phi) is 5.75. The fourth-order valence-corrected chi connectivity index (χ4v) is 2.64. The van der Waals surface area contributed by atoms with Crippen molar-refractivity contribution in [1.29, 1.82) is 0 Å². The average Bonchev–Trinajstić information content (AvgIpc) is 2.39. The second-order valence-electron chi connectivity index (χ2n) is 4.38. The van der Waals surface area contributed by atoms with Crippen molar-refractivity contribution in [3.8, 4) is 5.75 Å². The van der Waals surface area contributed by atoms with Crippen LogP contribution in [0.15, 0.2) is 18.2 Å². The smallest absolute Gasteiger partial charge is 0.165 e. The number of halogens is 1. The van der Waals surface area contributed by atoms with Crippen LogP contribution in [0.25, 0.3) is 0 Å². The minimum Gasteiger partial charge on any atom is -0.494 e. The first kappa shape index (κ1) is 15.9. The summed E-state index contributed by atoms with van der Waals surface area (Å²) in [4.78, 5) is 0. The second kappa shape index (κ2) is 6.86. The summed E-state index contributed by atoms with van der Waals surface area (Å²) < 4.78 is 40.8. The molecule has 1 rings (SSSR count). The molecular formula is C13H20FNO3S. The molecule has 0 bridgehead atoms. The summed E-state index contributed by atoms with van der Waals surface area (Å²) in [6.45, 7) is 1.63. The van der Waals surface area contributed by atoms with Crippen molar-refractivity contribution in [3.63, 3.8) is 0 Å². The van der Waals surface area contributed by atoms with Gasteiger partial charge in [-0.2, -0.15) is 0 Å². The molecule has 1 aromatic rings. The number of methoxy groups -OCH3 is 1. The molecule has 19 heavy (non-hydrogen) atoms. The zero-order valence-corrected chi connectivity index (χ0v) is 12.0. The highest BCUT2D eigenvalue weighted by Crippen LogP contribution is 2.23. The van der Waals surface area contributed by atoms with Crippen LogP contribution in [0.4, 0.5) is 4.39 Å². The highest BCUT2D eigenvalue weighted by molar-refractivity contribution is 7.91. The van der Waals surface area contributed by atoms with Crippen LogP contribution in [0.2, 0.25) is 0 Å². The van der Waals surface area contributed by atoms with Crippen molar-refractivity contribution in [1.82, 2.24) is 0 Å². The minimum atomic E-state index is -2.96. The van der Waals surface area contributed by atoms with Crippen LogP contribution in [0.3, 0.4) is 0 Å². The molecule has 0 saturated carbocycles. The Morgan fingerprint density at radius 1 is 1.42 bits per heavy atom. The maximum Gasteiger partial charge on any atom is 0.165 e. The van der Waals surface area contributed by atoms with Gasteiger partial charge in [0.05, 0.1) is 12.9 Å². The number of benzene rings is 1. The summed E-state index contributed by atoms with van der Waals surface area (Å²) >= 11 is 0. The highest BCUT2D eigenvalue weighted by atomic mass is 32.2. The van der Waals surface area contributed by atoms with Gasteiger partial charge in [0, 0.05) is 11.8 Å². The molecule has 0 aliphatic heterocycles. The van der Waals surface area contributed by atoms with E-state index in [0.717, 1.165) is 5.56 Å². The lowest BCUT2D eigenvalue weighted by atomic mass is 10.0. The highest BCUT2D eigenvalue weighted by Gasteiger charge is 2.12. The number of nitrogens with two attached hydrogens (primary N) is 1. The van der Waals surface area contributed by atoms with E-state index in [4.69, 9.17) is 10.5 Å². The largest absolute Gasteiger partial charge is 0.494 e. The fourth-order valence-electron chi connectivity index (χ4n) is 1.74. The third kappa shape index (κ3) is 4.80. The van der Waals surface area contributed by atoms with Crippen LogP contribution >= 0.6 is 0 Å². The normalized spacial score (nSPS) is 13.3. The topological polar surface area (TPSA) is 69.4 Å². The summed E-state index contributed by atoms with van der Waals surface area (Å²) in [5.74, 6) is -0.0107. The van der Waals surface area contributed by atoms with Gasteiger partial charge in [0.15, 0.2) is 11.6 Å². The standard InChI is InChI=1S/C13H20FNO3S/c1-3-19(16,17)8-4-5-12(15)10-6-7-11(14)13(9-10)18-2/h6-7,9,12H,3-5,8,15H2,1-2H3. The number of hydrogen-bond acceptors (Lipinski definition) is 4. The van der Waals surface area contributed by atoms with E-state index in [1.54, 1.807) is 19.1 Å². The van der Waals surface area contributed by atoms with Crippen LogP contribution < -0.4 is 10.5 Å². The fraction of sp³-hybridized carbons (Fsp3) is 0.538. The summed E-state index contributed by atoms with van der Waals surface area (Å²) in [7, 11) is -1.57. The molecular weight excluding hydrogens is 269 g/mol. The molecule has 4 nitrogen and oxygen atoms in total. The van der Waals surface area contributed by atoms with E-state index >= 15 is 0 Å². The third-order valence-corrected chi connectivity index (χ3v) is 4.80. The Hall–Kier alpha value is -1.14. The van der Waals surface area contributed by atoms with E-state index in [0.29, 0.717) is 12.8 Å². The summed E-state index contributed by atoms with van der Waals surface area (Å²) in [6.07, 6.45) is 1.03. The summed E-state index contributed by atoms with van der Waals surface area (Å²) in [5, 5.41) is 0. The Balaban J connectivity index is 2.61. The molecule has 1 aromatic carbocycles. The van der Waals surface area contributed by atoms with Crippen molar-refractivity contribution in [2.24, 2.45) is 5.73 Å². The van der Waals surface area contributed by atoms with Crippen LogP contribution in [-0.2, 0) is 9.84 Å². The lowest BCUT2D eigenvalue weighted by Crippen LogP contribution is -2.14. The zero-order chi connectivity index (χ0) is 14.5. The molecule has 0 aliphatic rings. The van der Waals surface area contributed by atoms with E-state index in [1.165, 1.54) is 13.2 Å². The van der Waals surface area contributed by atoms with Gasteiger partial charge in [-0.1, -0.05) is 13.0 Å². The van der Waals surface area contributed by atoms with Gasteiger partial charge >= 0.3 is 0 Å². The SMILES string of the molecule is CCS(=O)(=O)CCCC(N)c1ccc(F)c(OC)c1. The van der Waals surface area contributed by atoms with Gasteiger partial charge < -0.3 is 10.5 Å². The maximum absolute atomic E-state index is 13.2. The average molecular weight is 289 g/mol. The minimum absolute atomic E-state index is 0.134. The Morgan fingerprint density at radius 3 is 2.68 bits per heavy atom. The number of rotatable bonds is 7. The molecule has 0 spiro atoms.